The average Bonchev–Trinajstić information content (AvgIpc) is 3.44. The molecule has 1 amide bonds. The monoisotopic (exact) mass is 402 g/mol. The third kappa shape index (κ3) is 3.49. The van der Waals surface area contributed by atoms with Gasteiger partial charge < -0.3 is 14.4 Å². The summed E-state index contributed by atoms with van der Waals surface area (Å²) in [5, 5.41) is 0. The lowest BCUT2D eigenvalue weighted by molar-refractivity contribution is -0.132. The fourth-order valence-corrected chi connectivity index (χ4v) is 3.79. The highest BCUT2D eigenvalue weighted by molar-refractivity contribution is 5.80. The Labute approximate surface area is 173 Å². The SMILES string of the molecule is Cc1nc(N2CCN(C(=O)Cn3cnc4ccccc43)CC2)cc(-n2ccnc2)n1. The molecule has 0 spiro atoms. The zero-order chi connectivity index (χ0) is 20.5. The minimum Gasteiger partial charge on any atom is -0.353 e. The number of carbonyl (C=O) groups is 1. The molecule has 0 saturated carbocycles. The van der Waals surface area contributed by atoms with Crippen LogP contribution in [0.15, 0.2) is 55.4 Å². The topological polar surface area (TPSA) is 85.0 Å². The van der Waals surface area contributed by atoms with Crippen LogP contribution in [0.3, 0.4) is 0 Å². The minimum atomic E-state index is 0.107. The van der Waals surface area contributed by atoms with E-state index in [0.29, 0.717) is 25.5 Å². The molecule has 4 aromatic rings. The third-order valence-electron chi connectivity index (χ3n) is 5.37. The number of anilines is 1. The van der Waals surface area contributed by atoms with E-state index in [4.69, 9.17) is 0 Å². The van der Waals surface area contributed by atoms with Crippen LogP contribution in [-0.2, 0) is 11.3 Å². The molecule has 0 radical (unpaired) electrons. The highest BCUT2D eigenvalue weighted by atomic mass is 16.2. The van der Waals surface area contributed by atoms with Gasteiger partial charge in [0.05, 0.1) is 17.4 Å². The summed E-state index contributed by atoms with van der Waals surface area (Å²) in [6, 6.07) is 9.82. The van der Waals surface area contributed by atoms with E-state index in [-0.39, 0.29) is 5.91 Å². The van der Waals surface area contributed by atoms with Gasteiger partial charge in [0.2, 0.25) is 5.91 Å². The van der Waals surface area contributed by atoms with Gasteiger partial charge in [0.15, 0.2) is 0 Å². The molecule has 0 N–H and O–H groups in total. The van der Waals surface area contributed by atoms with Crippen molar-refractivity contribution in [3.8, 4) is 5.82 Å². The molecular formula is C21H22N8O. The molecule has 152 valence electrons. The summed E-state index contributed by atoms with van der Waals surface area (Å²) >= 11 is 0. The van der Waals surface area contributed by atoms with Crippen LogP contribution in [0.1, 0.15) is 5.82 Å². The van der Waals surface area contributed by atoms with E-state index < -0.39 is 0 Å². The fraction of sp³-hybridized carbons (Fsp3) is 0.286. The third-order valence-corrected chi connectivity index (χ3v) is 5.37. The lowest BCUT2D eigenvalue weighted by Gasteiger charge is -2.35. The van der Waals surface area contributed by atoms with Crippen molar-refractivity contribution in [1.29, 1.82) is 0 Å². The second-order valence-corrected chi connectivity index (χ2v) is 7.33. The van der Waals surface area contributed by atoms with E-state index in [1.165, 1.54) is 0 Å². The molecule has 1 aromatic carbocycles. The number of aromatic nitrogens is 6. The number of hydrogen-bond acceptors (Lipinski definition) is 6. The van der Waals surface area contributed by atoms with E-state index in [0.717, 1.165) is 35.8 Å². The van der Waals surface area contributed by atoms with Crippen LogP contribution in [0.4, 0.5) is 5.82 Å². The van der Waals surface area contributed by atoms with Gasteiger partial charge in [-0.2, -0.15) is 0 Å². The Balaban J connectivity index is 1.26. The van der Waals surface area contributed by atoms with Crippen molar-refractivity contribution >= 4 is 22.8 Å². The predicted molar refractivity (Wildman–Crippen MR) is 112 cm³/mol. The van der Waals surface area contributed by atoms with Gasteiger partial charge in [-0.25, -0.2) is 19.9 Å². The van der Waals surface area contributed by atoms with E-state index in [2.05, 4.69) is 24.8 Å². The summed E-state index contributed by atoms with van der Waals surface area (Å²) in [6.45, 7) is 4.98. The molecule has 9 nitrogen and oxygen atoms in total. The second-order valence-electron chi connectivity index (χ2n) is 7.33. The Morgan fingerprint density at radius 3 is 2.63 bits per heavy atom. The molecule has 0 bridgehead atoms. The van der Waals surface area contributed by atoms with Gasteiger partial charge in [0.1, 0.15) is 30.3 Å². The summed E-state index contributed by atoms with van der Waals surface area (Å²) in [6.07, 6.45) is 7.05. The summed E-state index contributed by atoms with van der Waals surface area (Å²) in [7, 11) is 0. The zero-order valence-corrected chi connectivity index (χ0v) is 16.7. The second kappa shape index (κ2) is 7.58. The molecule has 0 unspecified atom stereocenters. The van der Waals surface area contributed by atoms with Crippen molar-refractivity contribution in [2.24, 2.45) is 0 Å². The van der Waals surface area contributed by atoms with Crippen LogP contribution in [0, 0.1) is 6.92 Å². The molecule has 0 aliphatic carbocycles. The Kier molecular flexibility index (Phi) is 4.62. The number of para-hydroxylation sites is 2. The first-order valence-corrected chi connectivity index (χ1v) is 9.94. The average molecular weight is 402 g/mol. The van der Waals surface area contributed by atoms with Gasteiger partial charge in [-0.1, -0.05) is 12.1 Å². The molecular weight excluding hydrogens is 380 g/mol. The molecule has 1 saturated heterocycles. The van der Waals surface area contributed by atoms with Crippen LogP contribution in [0.25, 0.3) is 16.9 Å². The number of hydrogen-bond donors (Lipinski definition) is 0. The quantitative estimate of drug-likeness (QED) is 0.516. The van der Waals surface area contributed by atoms with E-state index in [1.54, 1.807) is 18.9 Å². The number of aryl methyl sites for hydroxylation is 1. The number of imidazole rings is 2. The fourth-order valence-electron chi connectivity index (χ4n) is 3.79. The van der Waals surface area contributed by atoms with E-state index in [1.807, 2.05) is 57.5 Å². The summed E-state index contributed by atoms with van der Waals surface area (Å²) in [4.78, 5) is 34.5. The lowest BCUT2D eigenvalue weighted by atomic mass is 10.3. The summed E-state index contributed by atoms with van der Waals surface area (Å²) in [5.74, 6) is 2.48. The van der Waals surface area contributed by atoms with Crippen LogP contribution >= 0.6 is 0 Å². The maximum Gasteiger partial charge on any atom is 0.242 e. The maximum absolute atomic E-state index is 12.8. The molecule has 30 heavy (non-hydrogen) atoms. The maximum atomic E-state index is 12.8. The number of amides is 1. The van der Waals surface area contributed by atoms with Crippen LogP contribution < -0.4 is 4.90 Å². The summed E-state index contributed by atoms with van der Waals surface area (Å²) in [5.41, 5.74) is 1.89. The van der Waals surface area contributed by atoms with Gasteiger partial charge in [0.25, 0.3) is 0 Å². The van der Waals surface area contributed by atoms with Crippen molar-refractivity contribution in [1.82, 2.24) is 34.0 Å². The normalized spacial score (nSPS) is 14.4. The van der Waals surface area contributed by atoms with Crippen LogP contribution in [0.5, 0.6) is 0 Å². The Bertz CT molecular complexity index is 1170. The molecule has 0 atom stereocenters. The molecule has 4 heterocycles. The molecule has 1 aliphatic rings. The van der Waals surface area contributed by atoms with Gasteiger partial charge in [0, 0.05) is 44.6 Å². The van der Waals surface area contributed by atoms with Gasteiger partial charge in [-0.3, -0.25) is 9.36 Å². The summed E-state index contributed by atoms with van der Waals surface area (Å²) < 4.78 is 3.78. The van der Waals surface area contributed by atoms with Crippen molar-refractivity contribution < 1.29 is 4.79 Å². The number of benzene rings is 1. The molecule has 9 heteroatoms. The lowest BCUT2D eigenvalue weighted by Crippen LogP contribution is -2.49. The Hall–Kier alpha value is -3.75. The number of nitrogens with zero attached hydrogens (tertiary/aromatic N) is 8. The van der Waals surface area contributed by atoms with Gasteiger partial charge in [-0.05, 0) is 19.1 Å². The minimum absolute atomic E-state index is 0.107. The smallest absolute Gasteiger partial charge is 0.242 e. The Morgan fingerprint density at radius 2 is 1.83 bits per heavy atom. The number of piperazine rings is 1. The number of carbonyl (C=O) groups excluding carboxylic acids is 1. The standard InChI is InChI=1S/C21H22N8O/c1-16-24-19(12-20(25-16)28-7-6-22-14-28)26-8-10-27(11-9-26)21(30)13-29-15-23-17-4-2-3-5-18(17)29/h2-7,12,14-15H,8-11,13H2,1H3. The first kappa shape index (κ1) is 18.3. The van der Waals surface area contributed by atoms with Crippen molar-refractivity contribution in [3.63, 3.8) is 0 Å². The van der Waals surface area contributed by atoms with E-state index in [9.17, 15) is 4.79 Å². The van der Waals surface area contributed by atoms with Gasteiger partial charge in [-0.15, -0.1) is 0 Å². The predicted octanol–water partition coefficient (Wildman–Crippen LogP) is 1.67. The van der Waals surface area contributed by atoms with E-state index >= 15 is 0 Å². The molecule has 5 rings (SSSR count). The highest BCUT2D eigenvalue weighted by Crippen LogP contribution is 2.18. The Morgan fingerprint density at radius 1 is 1.03 bits per heavy atom. The van der Waals surface area contributed by atoms with Gasteiger partial charge >= 0.3 is 0 Å². The number of rotatable bonds is 4. The molecule has 3 aromatic heterocycles. The number of fused-ring (bicyclic) bond motifs is 1. The van der Waals surface area contributed by atoms with Crippen molar-refractivity contribution in [3.05, 3.63) is 61.2 Å². The highest BCUT2D eigenvalue weighted by Gasteiger charge is 2.23. The first-order valence-electron chi connectivity index (χ1n) is 9.94. The zero-order valence-electron chi connectivity index (χ0n) is 16.7. The molecule has 1 aliphatic heterocycles. The van der Waals surface area contributed by atoms with Crippen LogP contribution in [0.2, 0.25) is 0 Å². The first-order chi connectivity index (χ1) is 14.7. The molecule has 1 fully saturated rings. The van der Waals surface area contributed by atoms with Crippen molar-refractivity contribution in [2.45, 2.75) is 13.5 Å². The van der Waals surface area contributed by atoms with Crippen LogP contribution in [-0.4, -0.2) is 66.1 Å². The largest absolute Gasteiger partial charge is 0.353 e. The van der Waals surface area contributed by atoms with Crippen molar-refractivity contribution in [2.75, 3.05) is 31.1 Å².